The first-order valence-corrected chi connectivity index (χ1v) is 22.0. The second-order valence-electron chi connectivity index (χ2n) is 17.0. The highest BCUT2D eigenvalue weighted by atomic mass is 16.3. The maximum atomic E-state index is 14.5. The van der Waals surface area contributed by atoms with Gasteiger partial charge < -0.3 is 31.5 Å². The lowest BCUT2D eigenvalue weighted by molar-refractivity contribution is -0.144. The number of likely N-dealkylation sites (N-methyl/N-ethyl adjacent to an activating group) is 1. The number of hydrogen-bond acceptors (Lipinski definition) is 10. The van der Waals surface area contributed by atoms with Crippen molar-refractivity contribution < 1.29 is 43.8 Å². The molecule has 1 aliphatic heterocycles. The van der Waals surface area contributed by atoms with Gasteiger partial charge in [-0.1, -0.05) is 58.1 Å². The Morgan fingerprint density at radius 2 is 1.50 bits per heavy atom. The van der Waals surface area contributed by atoms with Crippen LogP contribution in [0.25, 0.3) is 11.1 Å². The summed E-state index contributed by atoms with van der Waals surface area (Å²) in [4.78, 5) is 96.1. The van der Waals surface area contributed by atoms with Crippen molar-refractivity contribution in [2.75, 3.05) is 13.6 Å². The highest BCUT2D eigenvalue weighted by molar-refractivity contribution is 5.97. The Morgan fingerprint density at radius 1 is 0.850 bits per heavy atom. The number of rotatable bonds is 22. The molecular formula is C47H66N4O9. The number of hydrogen-bond donors (Lipinski definition) is 5. The van der Waals surface area contributed by atoms with Crippen molar-refractivity contribution in [3.05, 3.63) is 47.5 Å². The number of aromatic hydroxyl groups is 2. The van der Waals surface area contributed by atoms with Gasteiger partial charge >= 0.3 is 0 Å². The number of phenolic OH excluding ortho intramolecular Hbond substituents is 2. The first-order valence-electron chi connectivity index (χ1n) is 22.0. The Morgan fingerprint density at radius 3 is 2.18 bits per heavy atom. The summed E-state index contributed by atoms with van der Waals surface area (Å²) in [6.45, 7) is 5.70. The van der Waals surface area contributed by atoms with Crippen LogP contribution in [-0.2, 0) is 40.0 Å². The standard InChI is InChI=1S/C47H66N4O9/c1-5-6-7-8-9-14-35(52)15-12-16-36(53)27-34(13-10-11-23-48)47(60)51(4)43-33-20-22-41(55)38(28-33)37-25-31(17-21-40(37)54)26-39(50-45(58)29(2)24-42(43)56)46(59)49-30(3)44(57)32-18-19-32/h17,20-22,25,28-30,32,34,39,43,54-55H,5-16,18-19,23-24,26-27,48H2,1-4H3,(H,49,59)(H,50,58)/t29-,30+,34-,39+,43+/m1/s1. The van der Waals surface area contributed by atoms with Crippen LogP contribution >= 0.6 is 0 Å². The fraction of sp³-hybridized carbons (Fsp3) is 0.596. The Bertz CT molecular complexity index is 1860. The molecule has 0 unspecified atom stereocenters. The molecule has 4 bridgehead atoms. The summed E-state index contributed by atoms with van der Waals surface area (Å²) in [7, 11) is 1.48. The third-order valence-electron chi connectivity index (χ3n) is 11.8. The number of ketones is 4. The predicted octanol–water partition coefficient (Wildman–Crippen LogP) is 6.19. The Labute approximate surface area is 354 Å². The van der Waals surface area contributed by atoms with Gasteiger partial charge in [0.25, 0.3) is 0 Å². The monoisotopic (exact) mass is 830 g/mol. The molecule has 3 amide bonds. The molecule has 13 nitrogen and oxygen atoms in total. The van der Waals surface area contributed by atoms with E-state index < -0.39 is 53.5 Å². The summed E-state index contributed by atoms with van der Waals surface area (Å²) in [6, 6.07) is 5.84. The van der Waals surface area contributed by atoms with E-state index in [9.17, 15) is 43.8 Å². The van der Waals surface area contributed by atoms with Gasteiger partial charge in [0.1, 0.15) is 35.1 Å². The number of fused-ring (bicyclic) bond motifs is 5. The minimum Gasteiger partial charge on any atom is -0.507 e. The van der Waals surface area contributed by atoms with Crippen LogP contribution in [-0.4, -0.2) is 81.6 Å². The molecule has 60 heavy (non-hydrogen) atoms. The summed E-state index contributed by atoms with van der Waals surface area (Å²) in [6.07, 6.45) is 9.26. The van der Waals surface area contributed by atoms with Crippen molar-refractivity contribution in [1.82, 2.24) is 15.5 Å². The van der Waals surface area contributed by atoms with Crippen molar-refractivity contribution in [3.63, 3.8) is 0 Å². The number of phenols is 2. The highest BCUT2D eigenvalue weighted by Gasteiger charge is 2.37. The van der Waals surface area contributed by atoms with Gasteiger partial charge in [-0.2, -0.15) is 0 Å². The second-order valence-corrected chi connectivity index (χ2v) is 17.0. The average molecular weight is 831 g/mol. The molecule has 1 saturated carbocycles. The molecule has 1 aliphatic carbocycles. The summed E-state index contributed by atoms with van der Waals surface area (Å²) in [5, 5.41) is 27.7. The fourth-order valence-corrected chi connectivity index (χ4v) is 8.04. The van der Waals surface area contributed by atoms with Crippen molar-refractivity contribution in [2.45, 2.75) is 148 Å². The third-order valence-corrected chi connectivity index (χ3v) is 11.8. The van der Waals surface area contributed by atoms with Gasteiger partial charge in [-0.3, -0.25) is 33.6 Å². The second kappa shape index (κ2) is 23.2. The number of nitrogens with two attached hydrogens (primary N) is 1. The van der Waals surface area contributed by atoms with Crippen molar-refractivity contribution in [2.24, 2.45) is 23.5 Å². The molecule has 4 rings (SSSR count). The highest BCUT2D eigenvalue weighted by Crippen LogP contribution is 2.40. The van der Waals surface area contributed by atoms with Crippen LogP contribution in [0.4, 0.5) is 0 Å². The molecule has 6 N–H and O–H groups in total. The van der Waals surface area contributed by atoms with E-state index in [0.717, 1.165) is 44.9 Å². The molecule has 328 valence electrons. The zero-order chi connectivity index (χ0) is 43.9. The Balaban J connectivity index is 1.61. The molecule has 0 radical (unpaired) electrons. The number of unbranched alkanes of at least 4 members (excludes halogenated alkanes) is 5. The fourth-order valence-electron chi connectivity index (χ4n) is 8.04. The number of benzene rings is 2. The molecular weight excluding hydrogens is 765 g/mol. The summed E-state index contributed by atoms with van der Waals surface area (Å²) >= 11 is 0. The maximum absolute atomic E-state index is 14.5. The van der Waals surface area contributed by atoms with Crippen molar-refractivity contribution >= 4 is 40.9 Å². The van der Waals surface area contributed by atoms with Crippen molar-refractivity contribution in [3.8, 4) is 22.6 Å². The molecule has 2 aliphatic rings. The average Bonchev–Trinajstić information content (AvgIpc) is 4.06. The SMILES string of the molecule is CCCCCCCC(=O)CCCC(=O)C[C@@H](CCCCN)C(=O)N(C)[C@@H]1C(=O)C[C@@H](C)C(=O)N[C@H](C(=O)N[C@@H](C)C(=O)C2CC2)Cc2ccc(O)c(c2)-c2cc1ccc2O. The van der Waals surface area contributed by atoms with Crippen LogP contribution in [0.3, 0.4) is 0 Å². The van der Waals surface area contributed by atoms with E-state index in [1.807, 2.05) is 0 Å². The van der Waals surface area contributed by atoms with Crippen LogP contribution in [0.1, 0.15) is 141 Å². The largest absolute Gasteiger partial charge is 0.507 e. The lowest BCUT2D eigenvalue weighted by Gasteiger charge is -2.32. The van der Waals surface area contributed by atoms with Gasteiger partial charge in [0.05, 0.1) is 6.04 Å². The lowest BCUT2D eigenvalue weighted by Crippen LogP contribution is -2.53. The Hall–Kier alpha value is -4.91. The van der Waals surface area contributed by atoms with Crippen molar-refractivity contribution in [1.29, 1.82) is 0 Å². The van der Waals surface area contributed by atoms with E-state index in [1.54, 1.807) is 26.0 Å². The van der Waals surface area contributed by atoms with Gasteiger partial charge in [0, 0.05) is 74.5 Å². The number of Topliss-reactive ketones (excluding diaryl/α,β-unsaturated/α-hetero) is 4. The smallest absolute Gasteiger partial charge is 0.243 e. The number of nitrogens with zero attached hydrogens (tertiary/aromatic N) is 1. The Kier molecular flexibility index (Phi) is 18.5. The minimum atomic E-state index is -1.25. The summed E-state index contributed by atoms with van der Waals surface area (Å²) in [5.74, 6) is -4.44. The number of nitrogens with one attached hydrogen (secondary N) is 2. The quantitative estimate of drug-likeness (QED) is 0.0849. The van der Waals surface area contributed by atoms with Crippen LogP contribution in [0.5, 0.6) is 11.5 Å². The number of carbonyl (C=O) groups excluding carboxylic acids is 7. The topological polar surface area (TPSA) is 213 Å². The lowest BCUT2D eigenvalue weighted by atomic mass is 9.88. The summed E-state index contributed by atoms with van der Waals surface area (Å²) in [5.41, 5.74) is 7.01. The van der Waals surface area contributed by atoms with E-state index in [4.69, 9.17) is 5.73 Å². The van der Waals surface area contributed by atoms with Crippen LogP contribution in [0.15, 0.2) is 36.4 Å². The molecule has 0 spiro atoms. The van der Waals surface area contributed by atoms with Gasteiger partial charge in [-0.25, -0.2) is 0 Å². The number of carbonyl (C=O) groups is 7. The van der Waals surface area contributed by atoms with Crippen LogP contribution in [0, 0.1) is 17.8 Å². The van der Waals surface area contributed by atoms with E-state index in [0.29, 0.717) is 56.2 Å². The first kappa shape index (κ1) is 47.8. The molecule has 1 fully saturated rings. The van der Waals surface area contributed by atoms with E-state index in [2.05, 4.69) is 17.6 Å². The van der Waals surface area contributed by atoms with Gasteiger partial charge in [-0.05, 0) is 87.4 Å². The van der Waals surface area contributed by atoms with Gasteiger partial charge in [-0.15, -0.1) is 0 Å². The summed E-state index contributed by atoms with van der Waals surface area (Å²) < 4.78 is 0. The molecule has 1 heterocycles. The molecule has 2 aromatic carbocycles. The molecule has 2 aromatic rings. The molecule has 13 heteroatoms. The predicted molar refractivity (Wildman–Crippen MR) is 229 cm³/mol. The van der Waals surface area contributed by atoms with Gasteiger partial charge in [0.15, 0.2) is 11.6 Å². The zero-order valence-electron chi connectivity index (χ0n) is 35.9. The zero-order valence-corrected chi connectivity index (χ0v) is 35.9. The number of amides is 3. The van der Waals surface area contributed by atoms with Crippen LogP contribution < -0.4 is 16.4 Å². The van der Waals surface area contributed by atoms with E-state index in [-0.39, 0.29) is 71.6 Å². The molecule has 0 saturated heterocycles. The normalized spacial score (nSPS) is 19.1. The maximum Gasteiger partial charge on any atom is 0.243 e. The van der Waals surface area contributed by atoms with Gasteiger partial charge in [0.2, 0.25) is 17.7 Å². The first-order chi connectivity index (χ1) is 28.6. The molecule has 5 atom stereocenters. The third kappa shape index (κ3) is 13.8. The van der Waals surface area contributed by atoms with Crippen LogP contribution in [0.2, 0.25) is 0 Å². The minimum absolute atomic E-state index is 0.0180. The molecule has 0 aromatic heterocycles. The van der Waals surface area contributed by atoms with E-state index in [1.165, 1.54) is 36.2 Å². The van der Waals surface area contributed by atoms with E-state index >= 15 is 0 Å².